The van der Waals surface area contributed by atoms with Gasteiger partial charge in [0.15, 0.2) is 0 Å². The highest BCUT2D eigenvalue weighted by Crippen LogP contribution is 2.27. The zero-order valence-electron chi connectivity index (χ0n) is 20.7. The Morgan fingerprint density at radius 2 is 1.62 bits per heavy atom. The molecular weight excluding hydrogens is 467 g/mol. The van der Waals surface area contributed by atoms with Gasteiger partial charge >= 0.3 is 0 Å². The van der Waals surface area contributed by atoms with Crippen LogP contribution in [-0.2, 0) is 28.0 Å². The van der Waals surface area contributed by atoms with Gasteiger partial charge in [0, 0.05) is 34.6 Å². The Labute approximate surface area is 214 Å². The Hall–Kier alpha value is -2.04. The second-order valence-corrected chi connectivity index (χ2v) is 11.1. The molecule has 1 saturated carbocycles. The Morgan fingerprint density at radius 1 is 1.03 bits per heavy atom. The first-order valence-corrected chi connectivity index (χ1v) is 12.9. The van der Waals surface area contributed by atoms with Gasteiger partial charge in [-0.05, 0) is 54.9 Å². The third-order valence-corrected chi connectivity index (χ3v) is 7.41. The molecule has 4 nitrogen and oxygen atoms in total. The number of halogens is 2. The molecule has 34 heavy (non-hydrogen) atoms. The Bertz CT molecular complexity index is 972. The first-order chi connectivity index (χ1) is 16.1. The minimum absolute atomic E-state index is 0.0848. The van der Waals surface area contributed by atoms with Crippen molar-refractivity contribution in [3.63, 3.8) is 0 Å². The van der Waals surface area contributed by atoms with Crippen molar-refractivity contribution < 1.29 is 9.59 Å². The average molecular weight is 504 g/mol. The lowest BCUT2D eigenvalue weighted by atomic mass is 9.86. The average Bonchev–Trinajstić information content (AvgIpc) is 3.29. The van der Waals surface area contributed by atoms with Crippen molar-refractivity contribution in [2.45, 2.75) is 90.3 Å². The minimum atomic E-state index is -0.622. The molecule has 6 heteroatoms. The van der Waals surface area contributed by atoms with Gasteiger partial charge in [-0.25, -0.2) is 0 Å². The second-order valence-electron chi connectivity index (χ2n) is 10.3. The Kier molecular flexibility index (Phi) is 9.06. The molecule has 0 saturated heterocycles. The third kappa shape index (κ3) is 6.99. The van der Waals surface area contributed by atoms with Gasteiger partial charge in [-0.3, -0.25) is 9.59 Å². The van der Waals surface area contributed by atoms with Crippen molar-refractivity contribution >= 4 is 35.0 Å². The number of aryl methyl sites for hydroxylation is 1. The highest BCUT2D eigenvalue weighted by molar-refractivity contribution is 6.36. The van der Waals surface area contributed by atoms with E-state index < -0.39 is 6.04 Å². The minimum Gasteiger partial charge on any atom is -0.352 e. The number of rotatable bonds is 8. The summed E-state index contributed by atoms with van der Waals surface area (Å²) in [6.07, 6.45) is 5.15. The van der Waals surface area contributed by atoms with Crippen LogP contribution in [0.15, 0.2) is 42.5 Å². The number of nitrogens with one attached hydrogen (secondary N) is 1. The lowest BCUT2D eigenvalue weighted by Crippen LogP contribution is -2.49. The molecule has 0 radical (unpaired) electrons. The topological polar surface area (TPSA) is 49.4 Å². The van der Waals surface area contributed by atoms with Crippen molar-refractivity contribution in [3.05, 3.63) is 69.2 Å². The van der Waals surface area contributed by atoms with E-state index in [1.54, 1.807) is 30.0 Å². The largest absolute Gasteiger partial charge is 0.352 e. The number of carbonyl (C=O) groups is 2. The van der Waals surface area contributed by atoms with E-state index in [9.17, 15) is 9.59 Å². The van der Waals surface area contributed by atoms with E-state index in [-0.39, 0.29) is 29.8 Å². The first kappa shape index (κ1) is 26.6. The van der Waals surface area contributed by atoms with E-state index in [4.69, 9.17) is 23.2 Å². The maximum absolute atomic E-state index is 13.4. The molecule has 1 aliphatic carbocycles. The molecule has 2 aromatic carbocycles. The van der Waals surface area contributed by atoms with Crippen molar-refractivity contribution in [1.29, 1.82) is 0 Å². The summed E-state index contributed by atoms with van der Waals surface area (Å²) < 4.78 is 0. The van der Waals surface area contributed by atoms with Crippen LogP contribution in [0.4, 0.5) is 0 Å². The van der Waals surface area contributed by atoms with Crippen molar-refractivity contribution in [1.82, 2.24) is 10.2 Å². The zero-order valence-corrected chi connectivity index (χ0v) is 22.2. The van der Waals surface area contributed by atoms with Crippen LogP contribution in [0.5, 0.6) is 0 Å². The standard InChI is InChI=1S/C28H36Cl2N2O2/c1-19(27(34)31-22-8-5-6-9-22)32(18-23-24(29)10-7-11-25(23)30)26(33)17-14-20-12-15-21(16-13-20)28(2,3)4/h7,10-13,15-16,19,22H,5-6,8-9,14,17-18H2,1-4H3,(H,31,34)/t19-/m0/s1. The second kappa shape index (κ2) is 11.6. The number of hydrogen-bond acceptors (Lipinski definition) is 2. The van der Waals surface area contributed by atoms with E-state index in [1.165, 1.54) is 5.56 Å². The molecule has 1 fully saturated rings. The van der Waals surface area contributed by atoms with Crippen molar-refractivity contribution in [2.24, 2.45) is 0 Å². The van der Waals surface area contributed by atoms with E-state index >= 15 is 0 Å². The smallest absolute Gasteiger partial charge is 0.242 e. The molecule has 2 amide bonds. The summed E-state index contributed by atoms with van der Waals surface area (Å²) in [6, 6.07) is 13.3. The monoisotopic (exact) mass is 502 g/mol. The number of nitrogens with zero attached hydrogens (tertiary/aromatic N) is 1. The maximum atomic E-state index is 13.4. The molecule has 3 rings (SSSR count). The van der Waals surface area contributed by atoms with Crippen LogP contribution in [0.2, 0.25) is 10.0 Å². The number of hydrogen-bond donors (Lipinski definition) is 1. The van der Waals surface area contributed by atoms with E-state index in [0.29, 0.717) is 28.5 Å². The lowest BCUT2D eigenvalue weighted by Gasteiger charge is -2.30. The van der Waals surface area contributed by atoms with Gasteiger partial charge < -0.3 is 10.2 Å². The predicted octanol–water partition coefficient (Wildman–Crippen LogP) is 6.70. The van der Waals surface area contributed by atoms with E-state index in [1.807, 2.05) is 0 Å². The van der Waals surface area contributed by atoms with Gasteiger partial charge in [-0.1, -0.05) is 87.1 Å². The molecular formula is C28H36Cl2N2O2. The molecule has 1 N–H and O–H groups in total. The molecule has 0 unspecified atom stereocenters. The van der Waals surface area contributed by atoms with Crippen molar-refractivity contribution in [2.75, 3.05) is 0 Å². The molecule has 1 aliphatic rings. The van der Waals surface area contributed by atoms with Gasteiger partial charge in [0.2, 0.25) is 11.8 Å². The Morgan fingerprint density at radius 3 is 2.18 bits per heavy atom. The van der Waals surface area contributed by atoms with E-state index in [0.717, 1.165) is 31.2 Å². The summed E-state index contributed by atoms with van der Waals surface area (Å²) in [6.45, 7) is 8.52. The van der Waals surface area contributed by atoms with Crippen LogP contribution >= 0.6 is 23.2 Å². The molecule has 2 aromatic rings. The Balaban J connectivity index is 1.74. The van der Waals surface area contributed by atoms with Gasteiger partial charge in [0.1, 0.15) is 6.04 Å². The number of benzene rings is 2. The number of carbonyl (C=O) groups excluding carboxylic acids is 2. The first-order valence-electron chi connectivity index (χ1n) is 12.2. The van der Waals surface area contributed by atoms with Gasteiger partial charge in [0.05, 0.1) is 0 Å². The fourth-order valence-electron chi connectivity index (χ4n) is 4.39. The quantitative estimate of drug-likeness (QED) is 0.436. The fourth-order valence-corrected chi connectivity index (χ4v) is 4.91. The zero-order chi connectivity index (χ0) is 24.9. The summed E-state index contributed by atoms with van der Waals surface area (Å²) >= 11 is 12.8. The molecule has 0 bridgehead atoms. The normalized spacial score (nSPS) is 15.2. The highest BCUT2D eigenvalue weighted by Gasteiger charge is 2.29. The summed E-state index contributed by atoms with van der Waals surface area (Å²) in [5.41, 5.74) is 3.10. The molecule has 0 aliphatic heterocycles. The van der Waals surface area contributed by atoms with Crippen LogP contribution in [0.1, 0.15) is 76.5 Å². The lowest BCUT2D eigenvalue weighted by molar-refractivity contribution is -0.140. The molecule has 1 atom stereocenters. The van der Waals surface area contributed by atoms with Crippen LogP contribution in [0.25, 0.3) is 0 Å². The summed E-state index contributed by atoms with van der Waals surface area (Å²) in [5.74, 6) is -0.220. The molecule has 0 spiro atoms. The summed E-state index contributed by atoms with van der Waals surface area (Å²) in [7, 11) is 0. The SMILES string of the molecule is C[C@@H](C(=O)NC1CCCC1)N(Cc1c(Cl)cccc1Cl)C(=O)CCc1ccc(C(C)(C)C)cc1. The van der Waals surface area contributed by atoms with Crippen LogP contribution < -0.4 is 5.32 Å². The van der Waals surface area contributed by atoms with Crippen molar-refractivity contribution in [3.8, 4) is 0 Å². The summed E-state index contributed by atoms with van der Waals surface area (Å²) in [5, 5.41) is 4.11. The molecule has 184 valence electrons. The van der Waals surface area contributed by atoms with Gasteiger partial charge in [0.25, 0.3) is 0 Å². The molecule has 0 heterocycles. The van der Waals surface area contributed by atoms with Crippen LogP contribution in [-0.4, -0.2) is 28.8 Å². The maximum Gasteiger partial charge on any atom is 0.242 e. The van der Waals surface area contributed by atoms with Gasteiger partial charge in [-0.15, -0.1) is 0 Å². The fraction of sp³-hybridized carbons (Fsp3) is 0.500. The predicted molar refractivity (Wildman–Crippen MR) is 140 cm³/mol. The van der Waals surface area contributed by atoms with Crippen LogP contribution in [0, 0.1) is 0 Å². The summed E-state index contributed by atoms with van der Waals surface area (Å²) in [4.78, 5) is 28.1. The number of amides is 2. The molecule has 0 aromatic heterocycles. The third-order valence-electron chi connectivity index (χ3n) is 6.71. The highest BCUT2D eigenvalue weighted by atomic mass is 35.5. The van der Waals surface area contributed by atoms with Crippen LogP contribution in [0.3, 0.4) is 0 Å². The van der Waals surface area contributed by atoms with Gasteiger partial charge in [-0.2, -0.15) is 0 Å². The van der Waals surface area contributed by atoms with E-state index in [2.05, 4.69) is 50.4 Å².